The van der Waals surface area contributed by atoms with Gasteiger partial charge in [-0.05, 0) is 30.9 Å². The molecule has 4 nitrogen and oxygen atoms in total. The maximum Gasteiger partial charge on any atom is 0.243 e. The Morgan fingerprint density at radius 2 is 1.94 bits per heavy atom. The van der Waals surface area contributed by atoms with Crippen LogP contribution in [0, 0.1) is 5.92 Å². The second-order valence-electron chi connectivity index (χ2n) is 4.47. The van der Waals surface area contributed by atoms with E-state index in [0.717, 1.165) is 12.8 Å². The molecular formula is C12H18N2O2S. The van der Waals surface area contributed by atoms with Crippen LogP contribution in [0.2, 0.25) is 0 Å². The molecule has 0 amide bonds. The highest BCUT2D eigenvalue weighted by Gasteiger charge is 2.37. The van der Waals surface area contributed by atoms with E-state index in [1.807, 2.05) is 0 Å². The van der Waals surface area contributed by atoms with Crippen molar-refractivity contribution in [2.24, 2.45) is 11.7 Å². The van der Waals surface area contributed by atoms with E-state index in [1.54, 1.807) is 37.4 Å². The summed E-state index contributed by atoms with van der Waals surface area (Å²) >= 11 is 0. The largest absolute Gasteiger partial charge is 0.329 e. The Hall–Kier alpha value is -0.910. The predicted octanol–water partition coefficient (Wildman–Crippen LogP) is 1.04. The van der Waals surface area contributed by atoms with Crippen molar-refractivity contribution < 1.29 is 8.42 Å². The summed E-state index contributed by atoms with van der Waals surface area (Å²) in [5.41, 5.74) is 5.68. The maximum atomic E-state index is 12.3. The van der Waals surface area contributed by atoms with Crippen molar-refractivity contribution in [3.63, 3.8) is 0 Å². The molecule has 1 fully saturated rings. The molecule has 1 unspecified atom stereocenters. The summed E-state index contributed by atoms with van der Waals surface area (Å²) < 4.78 is 26.1. The number of benzene rings is 1. The SMILES string of the molecule is CN(C(CN)C1CC1)S(=O)(=O)c1ccccc1. The lowest BCUT2D eigenvalue weighted by atomic mass is 10.2. The normalized spacial score (nSPS) is 18.3. The first-order chi connectivity index (χ1) is 8.07. The summed E-state index contributed by atoms with van der Waals surface area (Å²) in [5, 5.41) is 0. The van der Waals surface area contributed by atoms with Crippen LogP contribution in [0.3, 0.4) is 0 Å². The molecule has 1 saturated carbocycles. The predicted molar refractivity (Wildman–Crippen MR) is 67.0 cm³/mol. The van der Waals surface area contributed by atoms with Crippen molar-refractivity contribution in [2.75, 3.05) is 13.6 Å². The van der Waals surface area contributed by atoms with Crippen LogP contribution in [0.4, 0.5) is 0 Å². The van der Waals surface area contributed by atoms with Crippen LogP contribution >= 0.6 is 0 Å². The third kappa shape index (κ3) is 2.51. The van der Waals surface area contributed by atoms with Gasteiger partial charge >= 0.3 is 0 Å². The summed E-state index contributed by atoms with van der Waals surface area (Å²) in [6, 6.07) is 8.43. The molecule has 0 radical (unpaired) electrons. The number of likely N-dealkylation sites (N-methyl/N-ethyl adjacent to an activating group) is 1. The van der Waals surface area contributed by atoms with Gasteiger partial charge in [0.25, 0.3) is 0 Å². The molecule has 2 rings (SSSR count). The van der Waals surface area contributed by atoms with Gasteiger partial charge in [-0.3, -0.25) is 0 Å². The minimum atomic E-state index is -3.40. The topological polar surface area (TPSA) is 63.4 Å². The molecule has 0 saturated heterocycles. The average molecular weight is 254 g/mol. The Morgan fingerprint density at radius 1 is 1.35 bits per heavy atom. The molecule has 0 heterocycles. The van der Waals surface area contributed by atoms with Crippen LogP contribution in [0.25, 0.3) is 0 Å². The quantitative estimate of drug-likeness (QED) is 0.854. The Balaban J connectivity index is 2.26. The van der Waals surface area contributed by atoms with Crippen LogP contribution in [0.1, 0.15) is 12.8 Å². The van der Waals surface area contributed by atoms with Gasteiger partial charge in [0.15, 0.2) is 0 Å². The number of sulfonamides is 1. The zero-order chi connectivity index (χ0) is 12.5. The maximum absolute atomic E-state index is 12.3. The second-order valence-corrected chi connectivity index (χ2v) is 6.47. The first-order valence-electron chi connectivity index (χ1n) is 5.80. The number of hydrogen-bond donors (Lipinski definition) is 1. The molecule has 0 spiro atoms. The fourth-order valence-corrected chi connectivity index (χ4v) is 3.50. The third-order valence-corrected chi connectivity index (χ3v) is 5.19. The van der Waals surface area contributed by atoms with E-state index in [-0.39, 0.29) is 6.04 Å². The molecule has 2 N–H and O–H groups in total. The molecule has 0 aliphatic heterocycles. The highest BCUT2D eigenvalue weighted by Crippen LogP contribution is 2.36. The van der Waals surface area contributed by atoms with Gasteiger partial charge in [0, 0.05) is 19.6 Å². The molecule has 1 aromatic rings. The van der Waals surface area contributed by atoms with Crippen molar-refractivity contribution >= 4 is 10.0 Å². The highest BCUT2D eigenvalue weighted by atomic mass is 32.2. The smallest absolute Gasteiger partial charge is 0.243 e. The zero-order valence-electron chi connectivity index (χ0n) is 9.91. The lowest BCUT2D eigenvalue weighted by molar-refractivity contribution is 0.340. The highest BCUT2D eigenvalue weighted by molar-refractivity contribution is 7.89. The fourth-order valence-electron chi connectivity index (χ4n) is 2.06. The molecule has 0 aromatic heterocycles. The van der Waals surface area contributed by atoms with Crippen molar-refractivity contribution in [3.8, 4) is 0 Å². The Morgan fingerprint density at radius 3 is 2.41 bits per heavy atom. The fraction of sp³-hybridized carbons (Fsp3) is 0.500. The number of hydrogen-bond acceptors (Lipinski definition) is 3. The average Bonchev–Trinajstić information content (AvgIpc) is 3.15. The second kappa shape index (κ2) is 4.76. The van der Waals surface area contributed by atoms with E-state index in [4.69, 9.17) is 5.73 Å². The Bertz CT molecular complexity index is 469. The standard InChI is InChI=1S/C12H18N2O2S/c1-14(12(9-13)10-7-8-10)17(15,16)11-5-3-2-4-6-11/h2-6,10,12H,7-9,13H2,1H3. The molecule has 17 heavy (non-hydrogen) atoms. The summed E-state index contributed by atoms with van der Waals surface area (Å²) in [7, 11) is -1.78. The summed E-state index contributed by atoms with van der Waals surface area (Å²) in [6.45, 7) is 0.382. The van der Waals surface area contributed by atoms with Gasteiger partial charge in [0.1, 0.15) is 0 Å². The number of rotatable bonds is 5. The van der Waals surface area contributed by atoms with Crippen molar-refractivity contribution in [1.82, 2.24) is 4.31 Å². The first-order valence-corrected chi connectivity index (χ1v) is 7.24. The minimum Gasteiger partial charge on any atom is -0.329 e. The lowest BCUT2D eigenvalue weighted by Gasteiger charge is -2.26. The number of nitrogens with two attached hydrogens (primary N) is 1. The molecule has 1 aliphatic carbocycles. The van der Waals surface area contributed by atoms with E-state index in [1.165, 1.54) is 4.31 Å². The van der Waals surface area contributed by atoms with Crippen LogP contribution in [-0.4, -0.2) is 32.4 Å². The first kappa shape index (κ1) is 12.5. The van der Waals surface area contributed by atoms with Gasteiger partial charge in [-0.15, -0.1) is 0 Å². The molecule has 1 aliphatic rings. The van der Waals surface area contributed by atoms with E-state index >= 15 is 0 Å². The van der Waals surface area contributed by atoms with Gasteiger partial charge < -0.3 is 5.73 Å². The van der Waals surface area contributed by atoms with Crippen LogP contribution in [-0.2, 0) is 10.0 Å². The summed E-state index contributed by atoms with van der Waals surface area (Å²) in [4.78, 5) is 0.335. The van der Waals surface area contributed by atoms with Crippen LogP contribution in [0.15, 0.2) is 35.2 Å². The van der Waals surface area contributed by atoms with Gasteiger partial charge in [-0.2, -0.15) is 4.31 Å². The molecule has 0 bridgehead atoms. The van der Waals surface area contributed by atoms with E-state index < -0.39 is 10.0 Å². The zero-order valence-corrected chi connectivity index (χ0v) is 10.7. The van der Waals surface area contributed by atoms with Crippen LogP contribution < -0.4 is 5.73 Å². The van der Waals surface area contributed by atoms with Crippen molar-refractivity contribution in [2.45, 2.75) is 23.8 Å². The van der Waals surface area contributed by atoms with Crippen molar-refractivity contribution in [3.05, 3.63) is 30.3 Å². The summed E-state index contributed by atoms with van der Waals surface area (Å²) in [6.07, 6.45) is 2.16. The van der Waals surface area contributed by atoms with E-state index in [2.05, 4.69) is 0 Å². The van der Waals surface area contributed by atoms with Crippen LogP contribution in [0.5, 0.6) is 0 Å². The van der Waals surface area contributed by atoms with Gasteiger partial charge in [0.05, 0.1) is 4.90 Å². The van der Waals surface area contributed by atoms with E-state index in [0.29, 0.717) is 17.4 Å². The Kier molecular flexibility index (Phi) is 3.51. The molecule has 94 valence electrons. The molecule has 5 heteroatoms. The number of nitrogens with zero attached hydrogens (tertiary/aromatic N) is 1. The monoisotopic (exact) mass is 254 g/mol. The van der Waals surface area contributed by atoms with Gasteiger partial charge in [-0.25, -0.2) is 8.42 Å². The van der Waals surface area contributed by atoms with E-state index in [9.17, 15) is 8.42 Å². The van der Waals surface area contributed by atoms with Crippen molar-refractivity contribution in [1.29, 1.82) is 0 Å². The Labute approximate surface area is 102 Å². The molecule has 1 aromatic carbocycles. The van der Waals surface area contributed by atoms with Gasteiger partial charge in [0.2, 0.25) is 10.0 Å². The third-order valence-electron chi connectivity index (χ3n) is 3.29. The molecule has 1 atom stereocenters. The summed E-state index contributed by atoms with van der Waals surface area (Å²) in [5.74, 6) is 0.434. The molecular weight excluding hydrogens is 236 g/mol. The minimum absolute atomic E-state index is 0.0693. The van der Waals surface area contributed by atoms with Gasteiger partial charge in [-0.1, -0.05) is 18.2 Å². The lowest BCUT2D eigenvalue weighted by Crippen LogP contribution is -2.43.